The maximum atomic E-state index is 12.0. The van der Waals surface area contributed by atoms with Crippen molar-refractivity contribution in [2.75, 3.05) is 13.3 Å². The molecule has 0 aliphatic carbocycles. The van der Waals surface area contributed by atoms with Crippen molar-refractivity contribution in [1.82, 2.24) is 4.98 Å². The monoisotopic (exact) mass is 274 g/mol. The summed E-state index contributed by atoms with van der Waals surface area (Å²) in [5.41, 5.74) is 2.03. The Hall–Kier alpha value is -1.57. The minimum Gasteiger partial charge on any atom is -0.318 e. The van der Waals surface area contributed by atoms with Gasteiger partial charge in [0.05, 0.1) is 12.5 Å². The fourth-order valence-electron chi connectivity index (χ4n) is 1.68. The SMILES string of the molecule is Cc1cc(C#CC(C)(C)CC#N)cnc1P(C)(C)=O. The van der Waals surface area contributed by atoms with Crippen molar-refractivity contribution >= 4 is 12.6 Å². The van der Waals surface area contributed by atoms with Crippen molar-refractivity contribution in [2.45, 2.75) is 27.2 Å². The zero-order chi connectivity index (χ0) is 14.7. The predicted molar refractivity (Wildman–Crippen MR) is 79.0 cm³/mol. The third-order valence-electron chi connectivity index (χ3n) is 2.63. The maximum Gasteiger partial charge on any atom is 0.127 e. The molecule has 0 aliphatic rings. The van der Waals surface area contributed by atoms with Gasteiger partial charge >= 0.3 is 0 Å². The van der Waals surface area contributed by atoms with Gasteiger partial charge in [0, 0.05) is 17.2 Å². The smallest absolute Gasteiger partial charge is 0.127 e. The summed E-state index contributed by atoms with van der Waals surface area (Å²) in [5, 5.41) is 8.71. The van der Waals surface area contributed by atoms with Gasteiger partial charge in [-0.1, -0.05) is 11.8 Å². The Morgan fingerprint density at radius 1 is 1.42 bits per heavy atom. The Balaban J connectivity index is 3.08. The molecule has 1 heterocycles. The van der Waals surface area contributed by atoms with Crippen molar-refractivity contribution in [1.29, 1.82) is 5.26 Å². The first-order valence-corrected chi connectivity index (χ1v) is 8.68. The molecule has 0 aliphatic heterocycles. The summed E-state index contributed by atoms with van der Waals surface area (Å²) in [7, 11) is -2.34. The van der Waals surface area contributed by atoms with E-state index in [1.807, 2.05) is 26.8 Å². The average Bonchev–Trinajstić information content (AvgIpc) is 2.25. The number of rotatable bonds is 2. The normalized spacial score (nSPS) is 11.4. The van der Waals surface area contributed by atoms with Gasteiger partial charge in [0.15, 0.2) is 0 Å². The van der Waals surface area contributed by atoms with E-state index in [1.165, 1.54) is 0 Å². The second-order valence-electron chi connectivity index (χ2n) is 5.68. The molecule has 0 unspecified atom stereocenters. The topological polar surface area (TPSA) is 53.8 Å². The summed E-state index contributed by atoms with van der Waals surface area (Å²) in [5.74, 6) is 6.12. The zero-order valence-corrected chi connectivity index (χ0v) is 13.0. The Morgan fingerprint density at radius 3 is 2.53 bits per heavy atom. The summed E-state index contributed by atoms with van der Waals surface area (Å²) in [6, 6.07) is 4.03. The Bertz CT molecular complexity index is 624. The summed E-state index contributed by atoms with van der Waals surface area (Å²) < 4.78 is 12.0. The van der Waals surface area contributed by atoms with Gasteiger partial charge in [0.1, 0.15) is 12.6 Å². The lowest BCUT2D eigenvalue weighted by molar-refractivity contribution is 0.519. The molecule has 0 saturated carbocycles. The lowest BCUT2D eigenvalue weighted by atomic mass is 9.91. The molecule has 0 bridgehead atoms. The van der Waals surface area contributed by atoms with Crippen molar-refractivity contribution in [2.24, 2.45) is 5.41 Å². The van der Waals surface area contributed by atoms with Crippen LogP contribution >= 0.6 is 7.14 Å². The van der Waals surface area contributed by atoms with Crippen LogP contribution in [0, 0.1) is 35.5 Å². The van der Waals surface area contributed by atoms with Crippen molar-refractivity contribution in [3.8, 4) is 17.9 Å². The van der Waals surface area contributed by atoms with Gasteiger partial charge in [-0.25, -0.2) is 0 Å². The van der Waals surface area contributed by atoms with E-state index in [0.717, 1.165) is 11.1 Å². The molecule has 0 amide bonds. The molecule has 0 fully saturated rings. The van der Waals surface area contributed by atoms with Gasteiger partial charge in [0.25, 0.3) is 0 Å². The summed E-state index contributed by atoms with van der Waals surface area (Å²) in [6.07, 6.45) is 2.04. The van der Waals surface area contributed by atoms with Gasteiger partial charge < -0.3 is 4.57 Å². The molecular weight excluding hydrogens is 255 g/mol. The fourth-order valence-corrected chi connectivity index (χ4v) is 2.93. The molecule has 0 spiro atoms. The highest BCUT2D eigenvalue weighted by Gasteiger charge is 2.16. The Morgan fingerprint density at radius 2 is 2.05 bits per heavy atom. The van der Waals surface area contributed by atoms with Crippen molar-refractivity contribution in [3.63, 3.8) is 0 Å². The average molecular weight is 274 g/mol. The van der Waals surface area contributed by atoms with E-state index in [0.29, 0.717) is 11.9 Å². The van der Waals surface area contributed by atoms with E-state index >= 15 is 0 Å². The summed E-state index contributed by atoms with van der Waals surface area (Å²) >= 11 is 0. The summed E-state index contributed by atoms with van der Waals surface area (Å²) in [6.45, 7) is 9.19. The number of hydrogen-bond donors (Lipinski definition) is 0. The maximum absolute atomic E-state index is 12.0. The molecule has 4 heteroatoms. The molecule has 1 rings (SSSR count). The molecular formula is C15H19N2OP. The summed E-state index contributed by atoms with van der Waals surface area (Å²) in [4.78, 5) is 4.27. The van der Waals surface area contributed by atoms with Crippen molar-refractivity contribution < 1.29 is 4.57 Å². The molecule has 0 N–H and O–H groups in total. The number of pyridine rings is 1. The number of nitrogens with zero attached hydrogens (tertiary/aromatic N) is 2. The molecule has 0 saturated heterocycles. The predicted octanol–water partition coefficient (Wildman–Crippen LogP) is 2.93. The first-order valence-electron chi connectivity index (χ1n) is 6.08. The second-order valence-corrected chi connectivity index (χ2v) is 8.81. The van der Waals surface area contributed by atoms with E-state index in [4.69, 9.17) is 5.26 Å². The third-order valence-corrected chi connectivity index (χ3v) is 4.12. The van der Waals surface area contributed by atoms with Gasteiger partial charge in [0.2, 0.25) is 0 Å². The first-order chi connectivity index (χ1) is 8.65. The van der Waals surface area contributed by atoms with Crippen LogP contribution in [0.25, 0.3) is 0 Å². The van der Waals surface area contributed by atoms with Gasteiger partial charge in [-0.3, -0.25) is 4.98 Å². The Kier molecular flexibility index (Phi) is 4.56. The minimum absolute atomic E-state index is 0.327. The number of aryl methyl sites for hydroxylation is 1. The highest BCUT2D eigenvalue weighted by atomic mass is 31.2. The molecule has 0 aromatic carbocycles. The molecule has 0 radical (unpaired) electrons. The highest BCUT2D eigenvalue weighted by Crippen LogP contribution is 2.34. The molecule has 1 aromatic heterocycles. The molecule has 3 nitrogen and oxygen atoms in total. The van der Waals surface area contributed by atoms with Crippen LogP contribution in [0.5, 0.6) is 0 Å². The number of nitriles is 1. The molecule has 100 valence electrons. The number of aromatic nitrogens is 1. The first kappa shape index (κ1) is 15.5. The standard InChI is InChI=1S/C15H19N2OP/c1-12-10-13(6-7-15(2,3)8-9-16)11-17-14(12)19(4,5)18/h10-11H,8H2,1-5H3. The number of hydrogen-bond acceptors (Lipinski definition) is 3. The van der Waals surface area contributed by atoms with E-state index < -0.39 is 7.14 Å². The quantitative estimate of drug-likeness (QED) is 0.615. The van der Waals surface area contributed by atoms with Gasteiger partial charge in [-0.05, 0) is 45.7 Å². The Labute approximate surface area is 115 Å². The molecule has 19 heavy (non-hydrogen) atoms. The van der Waals surface area contributed by atoms with Gasteiger partial charge in [-0.15, -0.1) is 0 Å². The van der Waals surface area contributed by atoms with Crippen LogP contribution < -0.4 is 5.44 Å². The largest absolute Gasteiger partial charge is 0.318 e. The van der Waals surface area contributed by atoms with Crippen LogP contribution in [0.3, 0.4) is 0 Å². The van der Waals surface area contributed by atoms with E-state index in [9.17, 15) is 4.57 Å². The van der Waals surface area contributed by atoms with E-state index in [2.05, 4.69) is 22.9 Å². The van der Waals surface area contributed by atoms with Gasteiger partial charge in [-0.2, -0.15) is 5.26 Å². The highest BCUT2D eigenvalue weighted by molar-refractivity contribution is 7.70. The van der Waals surface area contributed by atoms with Crippen molar-refractivity contribution in [3.05, 3.63) is 23.4 Å². The van der Waals surface area contributed by atoms with E-state index in [-0.39, 0.29) is 5.41 Å². The van der Waals surface area contributed by atoms with Crippen LogP contribution in [0.1, 0.15) is 31.4 Å². The van der Waals surface area contributed by atoms with Crippen LogP contribution in [0.15, 0.2) is 12.3 Å². The third kappa shape index (κ3) is 4.55. The zero-order valence-electron chi connectivity index (χ0n) is 12.1. The lowest BCUT2D eigenvalue weighted by Crippen LogP contribution is -2.12. The van der Waals surface area contributed by atoms with Crippen LogP contribution in [-0.2, 0) is 4.57 Å². The van der Waals surface area contributed by atoms with E-state index in [1.54, 1.807) is 19.5 Å². The fraction of sp³-hybridized carbons (Fsp3) is 0.467. The molecule has 1 aromatic rings. The lowest BCUT2D eigenvalue weighted by Gasteiger charge is -2.12. The van der Waals surface area contributed by atoms with Crippen LogP contribution in [0.4, 0.5) is 0 Å². The van der Waals surface area contributed by atoms with Crippen LogP contribution in [-0.4, -0.2) is 18.3 Å². The molecule has 0 atom stereocenters. The minimum atomic E-state index is -2.34. The second kappa shape index (κ2) is 5.60. The van der Waals surface area contributed by atoms with Crippen LogP contribution in [0.2, 0.25) is 0 Å².